The van der Waals surface area contributed by atoms with E-state index in [2.05, 4.69) is 4.99 Å². The maximum atomic E-state index is 10.6. The van der Waals surface area contributed by atoms with Crippen molar-refractivity contribution in [1.82, 2.24) is 0 Å². The van der Waals surface area contributed by atoms with Gasteiger partial charge >= 0.3 is 5.97 Å². The molecular weight excluding hydrogens is 134 g/mol. The van der Waals surface area contributed by atoms with E-state index in [-0.39, 0.29) is 11.8 Å². The van der Waals surface area contributed by atoms with Gasteiger partial charge in [0.25, 0.3) is 0 Å². The van der Waals surface area contributed by atoms with Crippen molar-refractivity contribution in [1.29, 1.82) is 0 Å². The number of amides is 1. The van der Waals surface area contributed by atoms with Crippen molar-refractivity contribution < 1.29 is 14.7 Å². The molecule has 0 heterocycles. The fourth-order valence-electron chi connectivity index (χ4n) is 0.555. The highest BCUT2D eigenvalue weighted by Gasteiger charge is 2.28. The maximum absolute atomic E-state index is 10.6. The summed E-state index contributed by atoms with van der Waals surface area (Å²) in [6.07, 6.45) is 2.35. The molecule has 0 unspecified atom stereocenters. The minimum Gasteiger partial charge on any atom is -0.477 e. The Morgan fingerprint density at radius 3 is 2.50 bits per heavy atom. The van der Waals surface area contributed by atoms with E-state index in [0.29, 0.717) is 6.21 Å². The van der Waals surface area contributed by atoms with Crippen molar-refractivity contribution in [2.45, 2.75) is 12.8 Å². The van der Waals surface area contributed by atoms with Crippen LogP contribution in [0.15, 0.2) is 4.99 Å². The van der Waals surface area contributed by atoms with Crippen LogP contribution in [0.2, 0.25) is 0 Å². The molecule has 0 aromatic carbocycles. The second-order valence-corrected chi connectivity index (χ2v) is 2.21. The lowest BCUT2D eigenvalue weighted by Gasteiger charge is -1.83. The summed E-state index contributed by atoms with van der Waals surface area (Å²) in [7, 11) is 0. The van der Waals surface area contributed by atoms with E-state index in [0.717, 1.165) is 12.8 Å². The van der Waals surface area contributed by atoms with Crippen LogP contribution in [-0.2, 0) is 9.59 Å². The fourth-order valence-corrected chi connectivity index (χ4v) is 0.555. The number of nitrogens with zero attached hydrogens (tertiary/aromatic N) is 1. The standard InChI is InChI=1S/C6H7NO3/c8-5(9)3-7-6(10)4-1-2-4/h3-4H,1-2H2,(H,8,9)/b7-3+. The third-order valence-corrected chi connectivity index (χ3v) is 1.23. The van der Waals surface area contributed by atoms with Gasteiger partial charge in [-0.15, -0.1) is 0 Å². The zero-order valence-corrected chi connectivity index (χ0v) is 5.28. The molecule has 4 nitrogen and oxygen atoms in total. The Labute approximate surface area is 57.6 Å². The van der Waals surface area contributed by atoms with E-state index in [9.17, 15) is 9.59 Å². The average Bonchev–Trinajstić information content (AvgIpc) is 2.63. The van der Waals surface area contributed by atoms with Crippen LogP contribution in [0.1, 0.15) is 12.8 Å². The van der Waals surface area contributed by atoms with E-state index in [4.69, 9.17) is 5.11 Å². The highest BCUT2D eigenvalue weighted by atomic mass is 16.4. The van der Waals surface area contributed by atoms with Gasteiger partial charge < -0.3 is 5.11 Å². The molecule has 0 atom stereocenters. The predicted molar refractivity (Wildman–Crippen MR) is 33.9 cm³/mol. The first-order valence-electron chi connectivity index (χ1n) is 3.01. The van der Waals surface area contributed by atoms with Crippen molar-refractivity contribution in [3.63, 3.8) is 0 Å². The number of rotatable bonds is 2. The largest absolute Gasteiger partial charge is 0.477 e. The van der Waals surface area contributed by atoms with Gasteiger partial charge in [0.2, 0.25) is 5.91 Å². The molecule has 1 aliphatic carbocycles. The molecular formula is C6H7NO3. The van der Waals surface area contributed by atoms with E-state index in [1.54, 1.807) is 0 Å². The van der Waals surface area contributed by atoms with Crippen LogP contribution in [0, 0.1) is 5.92 Å². The van der Waals surface area contributed by atoms with Crippen molar-refractivity contribution in [2.24, 2.45) is 10.9 Å². The Morgan fingerprint density at radius 1 is 1.50 bits per heavy atom. The van der Waals surface area contributed by atoms with Gasteiger partial charge in [-0.2, -0.15) is 0 Å². The van der Waals surface area contributed by atoms with Crippen LogP contribution in [0.25, 0.3) is 0 Å². The Kier molecular flexibility index (Phi) is 1.80. The topological polar surface area (TPSA) is 66.7 Å². The Morgan fingerprint density at radius 2 is 2.10 bits per heavy atom. The zero-order valence-electron chi connectivity index (χ0n) is 5.28. The monoisotopic (exact) mass is 141 g/mol. The number of carbonyl (C=O) groups excluding carboxylic acids is 1. The van der Waals surface area contributed by atoms with Gasteiger partial charge in [-0.25, -0.2) is 9.79 Å². The molecule has 10 heavy (non-hydrogen) atoms. The summed E-state index contributed by atoms with van der Waals surface area (Å²) in [6.45, 7) is 0. The van der Waals surface area contributed by atoms with Gasteiger partial charge in [-0.05, 0) is 12.8 Å². The Hall–Kier alpha value is -1.19. The molecule has 0 aliphatic heterocycles. The summed E-state index contributed by atoms with van der Waals surface area (Å²) < 4.78 is 0. The van der Waals surface area contributed by atoms with Gasteiger partial charge in [0.1, 0.15) is 6.21 Å². The third kappa shape index (κ3) is 1.97. The van der Waals surface area contributed by atoms with Gasteiger partial charge in [0.15, 0.2) is 0 Å². The van der Waals surface area contributed by atoms with Crippen LogP contribution >= 0.6 is 0 Å². The summed E-state index contributed by atoms with van der Waals surface area (Å²) in [4.78, 5) is 23.7. The Balaban J connectivity index is 2.36. The fraction of sp³-hybridized carbons (Fsp3) is 0.500. The first-order valence-corrected chi connectivity index (χ1v) is 3.01. The number of carboxylic acids is 1. The smallest absolute Gasteiger partial charge is 0.347 e. The molecule has 0 aromatic heterocycles. The summed E-state index contributed by atoms with van der Waals surface area (Å²) in [5, 5.41) is 8.06. The molecule has 54 valence electrons. The minimum absolute atomic E-state index is 0.00981. The first-order chi connectivity index (χ1) is 4.70. The number of aliphatic imine (C=N–C) groups is 1. The highest BCUT2D eigenvalue weighted by molar-refractivity contribution is 6.24. The van der Waals surface area contributed by atoms with Crippen molar-refractivity contribution in [3.05, 3.63) is 0 Å². The first kappa shape index (κ1) is 6.92. The van der Waals surface area contributed by atoms with Gasteiger partial charge in [0.05, 0.1) is 0 Å². The second-order valence-electron chi connectivity index (χ2n) is 2.21. The maximum Gasteiger partial charge on any atom is 0.347 e. The van der Waals surface area contributed by atoms with E-state index < -0.39 is 5.97 Å². The van der Waals surface area contributed by atoms with Gasteiger partial charge in [0, 0.05) is 5.92 Å². The van der Waals surface area contributed by atoms with Crippen LogP contribution < -0.4 is 0 Å². The van der Waals surface area contributed by atoms with E-state index >= 15 is 0 Å². The summed E-state index contributed by atoms with van der Waals surface area (Å²) >= 11 is 0. The van der Waals surface area contributed by atoms with Crippen LogP contribution in [-0.4, -0.2) is 23.2 Å². The minimum atomic E-state index is -1.17. The number of aliphatic carboxylic acids is 1. The van der Waals surface area contributed by atoms with Crippen LogP contribution in [0.3, 0.4) is 0 Å². The molecule has 1 fully saturated rings. The summed E-state index contributed by atoms with van der Waals surface area (Å²) in [5.41, 5.74) is 0. The van der Waals surface area contributed by atoms with E-state index in [1.807, 2.05) is 0 Å². The molecule has 0 spiro atoms. The third-order valence-electron chi connectivity index (χ3n) is 1.23. The van der Waals surface area contributed by atoms with Gasteiger partial charge in [-0.3, -0.25) is 4.79 Å². The number of hydrogen-bond acceptors (Lipinski definition) is 2. The Bertz CT molecular complexity index is 193. The average molecular weight is 141 g/mol. The van der Waals surface area contributed by atoms with Crippen LogP contribution in [0.4, 0.5) is 0 Å². The van der Waals surface area contributed by atoms with Crippen molar-refractivity contribution in [3.8, 4) is 0 Å². The normalized spacial score (nSPS) is 17.6. The lowest BCUT2D eigenvalue weighted by molar-refractivity contribution is -0.129. The molecule has 4 heteroatoms. The van der Waals surface area contributed by atoms with Gasteiger partial charge in [-0.1, -0.05) is 0 Å². The molecule has 1 N–H and O–H groups in total. The quantitative estimate of drug-likeness (QED) is 0.553. The summed E-state index contributed by atoms with van der Waals surface area (Å²) in [6, 6.07) is 0. The molecule has 1 aliphatic rings. The number of carboxylic acid groups (broad SMARTS) is 1. The molecule has 0 bridgehead atoms. The lowest BCUT2D eigenvalue weighted by atomic mass is 10.4. The molecule has 0 aromatic rings. The molecule has 1 amide bonds. The lowest BCUT2D eigenvalue weighted by Crippen LogP contribution is -2.01. The predicted octanol–water partition coefficient (Wildman–Crippen LogP) is 0.0784. The SMILES string of the molecule is O=C(O)/C=N/C(=O)C1CC1. The second kappa shape index (κ2) is 2.60. The van der Waals surface area contributed by atoms with Crippen molar-refractivity contribution in [2.75, 3.05) is 0 Å². The molecule has 0 saturated heterocycles. The molecule has 0 radical (unpaired) electrons. The zero-order chi connectivity index (χ0) is 7.56. The summed E-state index contributed by atoms with van der Waals surface area (Å²) in [5.74, 6) is -1.47. The molecule has 1 saturated carbocycles. The number of carbonyl (C=O) groups is 2. The highest BCUT2D eigenvalue weighted by Crippen LogP contribution is 2.29. The molecule has 1 rings (SSSR count). The van der Waals surface area contributed by atoms with Crippen LogP contribution in [0.5, 0.6) is 0 Å². The van der Waals surface area contributed by atoms with Crippen molar-refractivity contribution >= 4 is 18.1 Å². The van der Waals surface area contributed by atoms with E-state index in [1.165, 1.54) is 0 Å². The number of hydrogen-bond donors (Lipinski definition) is 1.